The lowest BCUT2D eigenvalue weighted by Gasteiger charge is -2.35. The standard InChI is InChI=1S/C21H24N6O6/c1-26-20(33)27(19(32)21(26)8-3-2-4-9-21)11-15(29)22-10-14(28)23-13-7-5-6-12-16(13)18(31)25-24-17(12)30/h5-7H,2-4,8-11H2,1H3,(H,22,29)(H,23,28)(H,24,30)(H,25,31). The molecule has 0 unspecified atom stereocenters. The highest BCUT2D eigenvalue weighted by Crippen LogP contribution is 2.39. The molecule has 1 aliphatic carbocycles. The number of fused-ring (bicyclic) bond motifs is 1. The molecule has 1 saturated carbocycles. The van der Waals surface area contributed by atoms with Crippen LogP contribution in [-0.4, -0.2) is 69.4 Å². The van der Waals surface area contributed by atoms with Crippen LogP contribution < -0.4 is 21.8 Å². The summed E-state index contributed by atoms with van der Waals surface area (Å²) in [4.78, 5) is 76.6. The summed E-state index contributed by atoms with van der Waals surface area (Å²) in [5, 5.41) is 9.38. The Morgan fingerprint density at radius 3 is 2.42 bits per heavy atom. The molecule has 1 saturated heterocycles. The van der Waals surface area contributed by atoms with Gasteiger partial charge < -0.3 is 15.5 Å². The summed E-state index contributed by atoms with van der Waals surface area (Å²) in [6.45, 7) is -0.937. The Bertz CT molecular complexity index is 1260. The van der Waals surface area contributed by atoms with E-state index in [1.807, 2.05) is 0 Å². The summed E-state index contributed by atoms with van der Waals surface area (Å²) in [5.74, 6) is -1.69. The number of aromatic amines is 2. The zero-order chi connectivity index (χ0) is 23.8. The molecule has 2 fully saturated rings. The first kappa shape index (κ1) is 22.2. The first-order chi connectivity index (χ1) is 15.7. The number of carbonyl (C=O) groups is 4. The van der Waals surface area contributed by atoms with Gasteiger partial charge in [-0.3, -0.25) is 39.1 Å². The summed E-state index contributed by atoms with van der Waals surface area (Å²) >= 11 is 0. The third-order valence-corrected chi connectivity index (χ3v) is 6.33. The molecule has 12 nitrogen and oxygen atoms in total. The van der Waals surface area contributed by atoms with Crippen molar-refractivity contribution in [2.24, 2.45) is 0 Å². The van der Waals surface area contributed by atoms with Gasteiger partial charge in [0.1, 0.15) is 12.1 Å². The number of aromatic nitrogens is 2. The van der Waals surface area contributed by atoms with Crippen LogP contribution in [0.4, 0.5) is 10.5 Å². The number of nitrogens with zero attached hydrogens (tertiary/aromatic N) is 2. The lowest BCUT2D eigenvalue weighted by atomic mass is 9.81. The van der Waals surface area contributed by atoms with Crippen molar-refractivity contribution in [1.82, 2.24) is 25.3 Å². The number of urea groups is 1. The fourth-order valence-corrected chi connectivity index (χ4v) is 4.58. The molecule has 2 aliphatic rings. The molecule has 1 aliphatic heterocycles. The van der Waals surface area contributed by atoms with E-state index in [0.29, 0.717) is 12.8 Å². The number of H-pyrrole nitrogens is 2. The minimum Gasteiger partial charge on any atom is -0.345 e. The second-order valence-electron chi connectivity index (χ2n) is 8.29. The number of amides is 5. The largest absolute Gasteiger partial charge is 0.345 e. The van der Waals surface area contributed by atoms with Crippen LogP contribution in [0.1, 0.15) is 32.1 Å². The van der Waals surface area contributed by atoms with E-state index >= 15 is 0 Å². The van der Waals surface area contributed by atoms with E-state index in [9.17, 15) is 28.8 Å². The number of nitrogens with one attached hydrogen (secondary N) is 4. The molecule has 1 aromatic heterocycles. The van der Waals surface area contributed by atoms with Crippen molar-refractivity contribution in [1.29, 1.82) is 0 Å². The van der Waals surface area contributed by atoms with Crippen molar-refractivity contribution in [2.45, 2.75) is 37.6 Å². The lowest BCUT2D eigenvalue weighted by Crippen LogP contribution is -2.49. The molecule has 2 heterocycles. The van der Waals surface area contributed by atoms with Crippen LogP contribution in [0, 0.1) is 0 Å². The van der Waals surface area contributed by atoms with Crippen LogP contribution in [-0.2, 0) is 14.4 Å². The summed E-state index contributed by atoms with van der Waals surface area (Å²) in [7, 11) is 1.58. The number of carbonyl (C=O) groups excluding carboxylic acids is 4. The topological polar surface area (TPSA) is 165 Å². The normalized spacial score (nSPS) is 17.6. The van der Waals surface area contributed by atoms with Gasteiger partial charge in [-0.25, -0.2) is 4.79 Å². The Kier molecular flexibility index (Phi) is 5.75. The van der Waals surface area contributed by atoms with E-state index in [2.05, 4.69) is 20.8 Å². The summed E-state index contributed by atoms with van der Waals surface area (Å²) in [6, 6.07) is 3.88. The predicted molar refractivity (Wildman–Crippen MR) is 118 cm³/mol. The number of benzene rings is 1. The molecule has 174 valence electrons. The Balaban J connectivity index is 1.38. The molecule has 4 N–H and O–H groups in total. The molecule has 0 bridgehead atoms. The van der Waals surface area contributed by atoms with Crippen LogP contribution in [0.3, 0.4) is 0 Å². The van der Waals surface area contributed by atoms with Gasteiger partial charge in [-0.15, -0.1) is 0 Å². The summed E-state index contributed by atoms with van der Waals surface area (Å²) in [5.41, 5.74) is -1.87. The zero-order valence-corrected chi connectivity index (χ0v) is 18.0. The average Bonchev–Trinajstić information content (AvgIpc) is 2.97. The number of likely N-dealkylation sites (N-methyl/N-ethyl adjacent to an activating group) is 1. The maximum absolute atomic E-state index is 12.9. The van der Waals surface area contributed by atoms with Gasteiger partial charge in [0.05, 0.1) is 23.0 Å². The monoisotopic (exact) mass is 456 g/mol. The fraction of sp³-hybridized carbons (Fsp3) is 0.429. The van der Waals surface area contributed by atoms with Crippen molar-refractivity contribution in [2.75, 3.05) is 25.5 Å². The maximum Gasteiger partial charge on any atom is 0.327 e. The molecule has 5 amide bonds. The molecule has 1 aromatic carbocycles. The van der Waals surface area contributed by atoms with Gasteiger partial charge in [0.15, 0.2) is 0 Å². The minimum atomic E-state index is -0.883. The third kappa shape index (κ3) is 3.88. The minimum absolute atomic E-state index is 0.00926. The molecule has 0 atom stereocenters. The lowest BCUT2D eigenvalue weighted by molar-refractivity contribution is -0.137. The Hall–Kier alpha value is -3.96. The van der Waals surface area contributed by atoms with Crippen molar-refractivity contribution < 1.29 is 19.2 Å². The first-order valence-corrected chi connectivity index (χ1v) is 10.6. The van der Waals surface area contributed by atoms with Gasteiger partial charge in [0.2, 0.25) is 11.8 Å². The highest BCUT2D eigenvalue weighted by atomic mass is 16.2. The van der Waals surface area contributed by atoms with E-state index in [4.69, 9.17) is 0 Å². The van der Waals surface area contributed by atoms with Crippen molar-refractivity contribution in [3.05, 3.63) is 38.9 Å². The third-order valence-electron chi connectivity index (χ3n) is 6.33. The highest BCUT2D eigenvalue weighted by Gasteiger charge is 2.55. The van der Waals surface area contributed by atoms with Crippen LogP contribution in [0.15, 0.2) is 27.8 Å². The van der Waals surface area contributed by atoms with Crippen LogP contribution in [0.25, 0.3) is 10.8 Å². The van der Waals surface area contributed by atoms with Crippen molar-refractivity contribution in [3.63, 3.8) is 0 Å². The van der Waals surface area contributed by atoms with Crippen LogP contribution in [0.2, 0.25) is 0 Å². The van der Waals surface area contributed by atoms with E-state index < -0.39 is 47.6 Å². The van der Waals surface area contributed by atoms with Gasteiger partial charge >= 0.3 is 6.03 Å². The second-order valence-corrected chi connectivity index (χ2v) is 8.29. The molecule has 12 heteroatoms. The van der Waals surface area contributed by atoms with Crippen molar-refractivity contribution in [3.8, 4) is 0 Å². The number of rotatable bonds is 5. The molecule has 33 heavy (non-hydrogen) atoms. The van der Waals surface area contributed by atoms with Gasteiger partial charge in [-0.1, -0.05) is 25.3 Å². The van der Waals surface area contributed by atoms with Gasteiger partial charge in [-0.2, -0.15) is 0 Å². The molecule has 0 radical (unpaired) electrons. The average molecular weight is 456 g/mol. The Morgan fingerprint density at radius 1 is 1.00 bits per heavy atom. The molecular weight excluding hydrogens is 432 g/mol. The van der Waals surface area contributed by atoms with Crippen LogP contribution >= 0.6 is 0 Å². The van der Waals surface area contributed by atoms with Gasteiger partial charge in [0.25, 0.3) is 17.0 Å². The second kappa shape index (κ2) is 8.52. The number of hydrogen-bond donors (Lipinski definition) is 4. The van der Waals surface area contributed by atoms with Gasteiger partial charge in [0, 0.05) is 7.05 Å². The molecule has 1 spiro atoms. The van der Waals surface area contributed by atoms with E-state index in [0.717, 1.165) is 24.2 Å². The molecular formula is C21H24N6O6. The summed E-state index contributed by atoms with van der Waals surface area (Å²) in [6.07, 6.45) is 3.83. The Labute approximate surface area is 187 Å². The number of imide groups is 1. The quantitative estimate of drug-likeness (QED) is 0.458. The smallest absolute Gasteiger partial charge is 0.327 e. The van der Waals surface area contributed by atoms with Crippen molar-refractivity contribution >= 4 is 40.2 Å². The SMILES string of the molecule is CN1C(=O)N(CC(=O)NCC(=O)Nc2cccc3c(=O)[nH][nH]c(=O)c23)C(=O)C12CCCCC2. The summed E-state index contributed by atoms with van der Waals surface area (Å²) < 4.78 is 0. The van der Waals surface area contributed by atoms with E-state index in [1.165, 1.54) is 23.1 Å². The van der Waals surface area contributed by atoms with E-state index in [1.54, 1.807) is 7.05 Å². The molecule has 2 aromatic rings. The van der Waals surface area contributed by atoms with E-state index in [-0.39, 0.29) is 22.4 Å². The molecule has 4 rings (SSSR count). The number of anilines is 1. The maximum atomic E-state index is 12.9. The fourth-order valence-electron chi connectivity index (χ4n) is 4.58. The van der Waals surface area contributed by atoms with Crippen LogP contribution in [0.5, 0.6) is 0 Å². The van der Waals surface area contributed by atoms with Gasteiger partial charge in [-0.05, 0) is 25.0 Å². The highest BCUT2D eigenvalue weighted by molar-refractivity contribution is 6.09. The Morgan fingerprint density at radius 2 is 1.70 bits per heavy atom. The predicted octanol–water partition coefficient (Wildman–Crippen LogP) is -0.132. The first-order valence-electron chi connectivity index (χ1n) is 10.6. The number of hydrogen-bond acceptors (Lipinski definition) is 6. The zero-order valence-electron chi connectivity index (χ0n) is 18.0.